The largest absolute Gasteiger partial charge is 0.496 e. The van der Waals surface area contributed by atoms with Gasteiger partial charge >= 0.3 is 0 Å². The number of nitrogens with one attached hydrogen (secondary N) is 1. The lowest BCUT2D eigenvalue weighted by atomic mass is 10.0. The van der Waals surface area contributed by atoms with Crippen LogP contribution in [0.15, 0.2) is 22.8 Å². The highest BCUT2D eigenvalue weighted by atomic mass is 79.9. The number of benzene rings is 1. The molecule has 2 rings (SSSR count). The van der Waals surface area contributed by atoms with Gasteiger partial charge in [0.1, 0.15) is 5.75 Å². The second kappa shape index (κ2) is 5.87. The van der Waals surface area contributed by atoms with Crippen molar-refractivity contribution in [3.05, 3.63) is 39.1 Å². The Labute approximate surface area is 124 Å². The van der Waals surface area contributed by atoms with Crippen LogP contribution in [0.25, 0.3) is 0 Å². The summed E-state index contributed by atoms with van der Waals surface area (Å²) in [6.45, 7) is 0. The summed E-state index contributed by atoms with van der Waals surface area (Å²) in [5.41, 5.74) is 4.32. The van der Waals surface area contributed by atoms with Crippen LogP contribution in [-0.4, -0.2) is 22.1 Å². The SMILES string of the molecule is COc1ccc(Cl)cc1C(NN)c1c(Br)nnn1C. The molecule has 3 N–H and O–H groups in total. The van der Waals surface area contributed by atoms with Crippen molar-refractivity contribution in [2.75, 3.05) is 7.11 Å². The summed E-state index contributed by atoms with van der Waals surface area (Å²) < 4.78 is 7.59. The van der Waals surface area contributed by atoms with Crippen LogP contribution in [0.3, 0.4) is 0 Å². The van der Waals surface area contributed by atoms with Crippen molar-refractivity contribution in [3.63, 3.8) is 0 Å². The zero-order valence-corrected chi connectivity index (χ0v) is 12.7. The first-order valence-corrected chi connectivity index (χ1v) is 6.60. The molecule has 0 amide bonds. The molecule has 0 saturated carbocycles. The third kappa shape index (κ3) is 2.74. The molecule has 1 aromatic carbocycles. The minimum atomic E-state index is -0.344. The number of ether oxygens (including phenoxy) is 1. The third-order valence-electron chi connectivity index (χ3n) is 2.77. The summed E-state index contributed by atoms with van der Waals surface area (Å²) in [7, 11) is 3.38. The molecule has 0 spiro atoms. The van der Waals surface area contributed by atoms with E-state index in [2.05, 4.69) is 31.7 Å². The van der Waals surface area contributed by atoms with Gasteiger partial charge in [-0.2, -0.15) is 0 Å². The monoisotopic (exact) mass is 345 g/mol. The van der Waals surface area contributed by atoms with E-state index in [4.69, 9.17) is 22.2 Å². The molecule has 102 valence electrons. The molecule has 8 heteroatoms. The molecule has 2 aromatic rings. The molecule has 1 heterocycles. The molecule has 6 nitrogen and oxygen atoms in total. The number of nitrogens with two attached hydrogens (primary N) is 1. The van der Waals surface area contributed by atoms with Crippen LogP contribution >= 0.6 is 27.5 Å². The molecule has 0 aliphatic rings. The van der Waals surface area contributed by atoms with Gasteiger partial charge in [-0.05, 0) is 34.1 Å². The van der Waals surface area contributed by atoms with Crippen LogP contribution in [0, 0.1) is 0 Å². The second-order valence-electron chi connectivity index (χ2n) is 3.88. The Kier molecular flexibility index (Phi) is 4.41. The highest BCUT2D eigenvalue weighted by molar-refractivity contribution is 9.10. The van der Waals surface area contributed by atoms with Crippen molar-refractivity contribution in [2.24, 2.45) is 12.9 Å². The van der Waals surface area contributed by atoms with E-state index in [1.807, 2.05) is 0 Å². The molecule has 0 fully saturated rings. The number of methoxy groups -OCH3 is 1. The number of aromatic nitrogens is 3. The predicted octanol–water partition coefficient (Wildman–Crippen LogP) is 1.79. The zero-order chi connectivity index (χ0) is 14.0. The van der Waals surface area contributed by atoms with Gasteiger partial charge in [-0.1, -0.05) is 16.8 Å². The van der Waals surface area contributed by atoms with Gasteiger partial charge in [0.25, 0.3) is 0 Å². The summed E-state index contributed by atoms with van der Waals surface area (Å²) in [5, 5.41) is 8.49. The number of nitrogens with zero attached hydrogens (tertiary/aromatic N) is 3. The van der Waals surface area contributed by atoms with Gasteiger partial charge in [-0.3, -0.25) is 5.84 Å². The van der Waals surface area contributed by atoms with Crippen LogP contribution in [0.2, 0.25) is 5.02 Å². The standard InChI is InChI=1S/C11H13BrClN5O/c1-18-10(11(12)16-17-18)9(15-14)7-5-6(13)3-4-8(7)19-2/h3-5,9,15H,14H2,1-2H3. The first kappa shape index (κ1) is 14.3. The zero-order valence-electron chi connectivity index (χ0n) is 10.4. The second-order valence-corrected chi connectivity index (χ2v) is 5.06. The van der Waals surface area contributed by atoms with E-state index >= 15 is 0 Å². The average molecular weight is 347 g/mol. The Bertz CT molecular complexity index is 569. The van der Waals surface area contributed by atoms with Gasteiger partial charge in [-0.25, -0.2) is 10.1 Å². The first-order valence-electron chi connectivity index (χ1n) is 5.43. The fourth-order valence-corrected chi connectivity index (χ4v) is 2.63. The van der Waals surface area contributed by atoms with E-state index in [0.717, 1.165) is 11.3 Å². The summed E-state index contributed by atoms with van der Waals surface area (Å²) in [4.78, 5) is 0. The molecular weight excluding hydrogens is 334 g/mol. The minimum absolute atomic E-state index is 0.344. The van der Waals surface area contributed by atoms with E-state index in [0.29, 0.717) is 15.4 Å². The van der Waals surface area contributed by atoms with Crippen molar-refractivity contribution < 1.29 is 4.74 Å². The van der Waals surface area contributed by atoms with E-state index < -0.39 is 0 Å². The Morgan fingerprint density at radius 3 is 2.79 bits per heavy atom. The lowest BCUT2D eigenvalue weighted by Crippen LogP contribution is -2.31. The van der Waals surface area contributed by atoms with Crippen LogP contribution in [0.1, 0.15) is 17.3 Å². The fourth-order valence-electron chi connectivity index (χ4n) is 1.89. The number of hydrogen-bond donors (Lipinski definition) is 2. The fraction of sp³-hybridized carbons (Fsp3) is 0.273. The van der Waals surface area contributed by atoms with Gasteiger partial charge in [0.15, 0.2) is 4.60 Å². The van der Waals surface area contributed by atoms with E-state index in [-0.39, 0.29) is 6.04 Å². The van der Waals surface area contributed by atoms with E-state index in [9.17, 15) is 0 Å². The Balaban J connectivity index is 2.57. The van der Waals surface area contributed by atoms with Gasteiger partial charge in [0.2, 0.25) is 0 Å². The lowest BCUT2D eigenvalue weighted by molar-refractivity contribution is 0.402. The minimum Gasteiger partial charge on any atom is -0.496 e. The van der Waals surface area contributed by atoms with E-state index in [1.165, 1.54) is 0 Å². The molecule has 0 radical (unpaired) electrons. The maximum atomic E-state index is 6.04. The first-order chi connectivity index (χ1) is 9.08. The maximum Gasteiger partial charge on any atom is 0.153 e. The number of rotatable bonds is 4. The molecule has 1 atom stereocenters. The highest BCUT2D eigenvalue weighted by Gasteiger charge is 2.24. The summed E-state index contributed by atoms with van der Waals surface area (Å²) in [6, 6.07) is 5.00. The highest BCUT2D eigenvalue weighted by Crippen LogP contribution is 2.33. The summed E-state index contributed by atoms with van der Waals surface area (Å²) >= 11 is 9.40. The number of hydrazine groups is 1. The average Bonchev–Trinajstić information content (AvgIpc) is 2.72. The molecule has 1 aromatic heterocycles. The lowest BCUT2D eigenvalue weighted by Gasteiger charge is -2.19. The molecule has 0 aliphatic heterocycles. The van der Waals surface area contributed by atoms with Crippen LogP contribution in [-0.2, 0) is 7.05 Å². The normalized spacial score (nSPS) is 12.5. The quantitative estimate of drug-likeness (QED) is 0.652. The Hall–Kier alpha value is -1.15. The van der Waals surface area contributed by atoms with E-state index in [1.54, 1.807) is 37.0 Å². The molecule has 19 heavy (non-hydrogen) atoms. The summed E-state index contributed by atoms with van der Waals surface area (Å²) in [6.07, 6.45) is 0. The van der Waals surface area contributed by atoms with Crippen molar-refractivity contribution in [3.8, 4) is 5.75 Å². The maximum absolute atomic E-state index is 6.04. The van der Waals surface area contributed by atoms with Crippen LogP contribution in [0.5, 0.6) is 5.75 Å². The van der Waals surface area contributed by atoms with Gasteiger partial charge in [0.05, 0.1) is 18.8 Å². The molecular formula is C11H13BrClN5O. The third-order valence-corrected chi connectivity index (χ3v) is 3.57. The summed E-state index contributed by atoms with van der Waals surface area (Å²) in [5.74, 6) is 6.35. The predicted molar refractivity (Wildman–Crippen MR) is 75.9 cm³/mol. The van der Waals surface area contributed by atoms with Gasteiger partial charge in [-0.15, -0.1) is 5.10 Å². The van der Waals surface area contributed by atoms with Crippen LogP contribution < -0.4 is 16.0 Å². The van der Waals surface area contributed by atoms with Crippen molar-refractivity contribution in [1.29, 1.82) is 0 Å². The van der Waals surface area contributed by atoms with Crippen molar-refractivity contribution in [1.82, 2.24) is 20.4 Å². The molecule has 0 saturated heterocycles. The van der Waals surface area contributed by atoms with Crippen molar-refractivity contribution >= 4 is 27.5 Å². The molecule has 0 bridgehead atoms. The van der Waals surface area contributed by atoms with Gasteiger partial charge in [0, 0.05) is 17.6 Å². The van der Waals surface area contributed by atoms with Gasteiger partial charge < -0.3 is 4.74 Å². The van der Waals surface area contributed by atoms with Crippen LogP contribution in [0.4, 0.5) is 0 Å². The van der Waals surface area contributed by atoms with Crippen molar-refractivity contribution in [2.45, 2.75) is 6.04 Å². The molecule has 0 aliphatic carbocycles. The Morgan fingerprint density at radius 1 is 1.53 bits per heavy atom. The molecule has 1 unspecified atom stereocenters. The topological polar surface area (TPSA) is 78.0 Å². The Morgan fingerprint density at radius 2 is 2.26 bits per heavy atom. The number of aryl methyl sites for hydroxylation is 1. The number of halogens is 2. The number of hydrogen-bond acceptors (Lipinski definition) is 5. The smallest absolute Gasteiger partial charge is 0.153 e.